The highest BCUT2D eigenvalue weighted by molar-refractivity contribution is 7.89. The first-order chi connectivity index (χ1) is 34.2. The van der Waals surface area contributed by atoms with E-state index in [9.17, 15) is 47.4 Å². The molecule has 2 saturated heterocycles. The summed E-state index contributed by atoms with van der Waals surface area (Å²) < 4.78 is 46.4. The third-order valence-corrected chi connectivity index (χ3v) is 15.8. The summed E-state index contributed by atoms with van der Waals surface area (Å²) in [7, 11) is -0.0726. The fraction of sp³-hybridized carbons (Fsp3) is 0.660. The zero-order chi connectivity index (χ0) is 54.6. The Morgan fingerprint density at radius 2 is 1.56 bits per heavy atom. The topological polar surface area (TPSA) is 251 Å². The molecule has 0 radical (unpaired) electrons. The van der Waals surface area contributed by atoms with Crippen molar-refractivity contribution in [3.05, 3.63) is 59.7 Å². The average molecular weight is 1040 g/mol. The van der Waals surface area contributed by atoms with E-state index in [-0.39, 0.29) is 49.0 Å². The number of aliphatic hydroxyl groups is 2. The van der Waals surface area contributed by atoms with Gasteiger partial charge in [-0.2, -0.15) is 4.31 Å². The Morgan fingerprint density at radius 3 is 2.12 bits per heavy atom. The van der Waals surface area contributed by atoms with Crippen LogP contribution in [-0.2, 0) is 54.7 Å². The van der Waals surface area contributed by atoms with Gasteiger partial charge in [-0.05, 0) is 93.0 Å². The molecule has 2 aliphatic heterocycles. The molecule has 2 heterocycles. The van der Waals surface area contributed by atoms with Crippen molar-refractivity contribution < 1.29 is 61.6 Å². The van der Waals surface area contributed by atoms with Gasteiger partial charge in [-0.25, -0.2) is 13.2 Å². The highest BCUT2D eigenvalue weighted by Gasteiger charge is 2.45. The van der Waals surface area contributed by atoms with Crippen LogP contribution < -0.4 is 20.7 Å². The van der Waals surface area contributed by atoms with Gasteiger partial charge in [-0.1, -0.05) is 91.6 Å². The van der Waals surface area contributed by atoms with Crippen LogP contribution in [0.25, 0.3) is 0 Å². The molecule has 19 nitrogen and oxygen atoms in total. The number of cyclic esters (lactones) is 2. The number of aliphatic hydroxyl groups excluding tert-OH is 2. The van der Waals surface area contributed by atoms with E-state index in [1.54, 1.807) is 71.0 Å². The summed E-state index contributed by atoms with van der Waals surface area (Å²) in [6.07, 6.45) is -5.21. The second-order valence-electron chi connectivity index (χ2n) is 21.0. The molecule has 2 fully saturated rings. The molecule has 0 aliphatic carbocycles. The molecule has 0 spiro atoms. The molecule has 5 N–H and O–H groups in total. The van der Waals surface area contributed by atoms with Crippen molar-refractivity contribution in [2.45, 2.75) is 180 Å². The summed E-state index contributed by atoms with van der Waals surface area (Å²) in [5, 5.41) is 31.9. The maximum Gasteiger partial charge on any atom is 0.329 e. The van der Waals surface area contributed by atoms with Crippen LogP contribution in [-0.4, -0.2) is 157 Å². The lowest BCUT2D eigenvalue weighted by Gasteiger charge is -2.36. The molecule has 1 unspecified atom stereocenters. The number of methoxy groups -OCH3 is 1. The monoisotopic (exact) mass is 1040 g/mol. The molecule has 2 aromatic rings. The van der Waals surface area contributed by atoms with Crippen molar-refractivity contribution >= 4 is 45.6 Å². The van der Waals surface area contributed by atoms with Crippen molar-refractivity contribution in [2.24, 2.45) is 23.7 Å². The smallest absolute Gasteiger partial charge is 0.329 e. The third-order valence-electron chi connectivity index (χ3n) is 14.0. The van der Waals surface area contributed by atoms with E-state index in [0.717, 1.165) is 9.87 Å². The first-order valence-corrected chi connectivity index (χ1v) is 27.0. The molecule has 20 heteroatoms. The van der Waals surface area contributed by atoms with Gasteiger partial charge in [-0.15, -0.1) is 0 Å². The second kappa shape index (κ2) is 26.9. The van der Waals surface area contributed by atoms with Gasteiger partial charge >= 0.3 is 11.9 Å². The number of esters is 2. The number of hydrogen-bond donors (Lipinski definition) is 5. The van der Waals surface area contributed by atoms with Crippen molar-refractivity contribution in [3.63, 3.8) is 0 Å². The van der Waals surface area contributed by atoms with E-state index in [2.05, 4.69) is 16.0 Å². The fourth-order valence-electron chi connectivity index (χ4n) is 9.33. The maximum atomic E-state index is 14.9. The van der Waals surface area contributed by atoms with Crippen molar-refractivity contribution in [1.29, 1.82) is 0 Å². The number of rotatable bonds is 15. The Labute approximate surface area is 432 Å². The van der Waals surface area contributed by atoms with Crippen LogP contribution in [0.4, 0.5) is 0 Å². The third kappa shape index (κ3) is 15.9. The number of sulfonamides is 1. The Balaban J connectivity index is 1.89. The minimum atomic E-state index is -4.28. The van der Waals surface area contributed by atoms with Gasteiger partial charge in [0.1, 0.15) is 48.4 Å². The van der Waals surface area contributed by atoms with E-state index in [4.69, 9.17) is 14.2 Å². The molecule has 0 saturated carbocycles. The number of hydrogen-bond acceptors (Lipinski definition) is 14. The lowest BCUT2D eigenvalue weighted by Crippen LogP contribution is -2.61. The number of likely N-dealkylation sites (N-methyl/N-ethyl adjacent to an activating group) is 2. The van der Waals surface area contributed by atoms with Crippen LogP contribution in [0.15, 0.2) is 53.4 Å². The molecule has 4 rings (SSSR count). The number of nitrogens with zero attached hydrogens (tertiary/aromatic N) is 3. The van der Waals surface area contributed by atoms with Crippen LogP contribution in [0.2, 0.25) is 0 Å². The molecule has 408 valence electrons. The fourth-order valence-corrected chi connectivity index (χ4v) is 10.7. The van der Waals surface area contributed by atoms with E-state index in [0.29, 0.717) is 24.2 Å². The number of nitrogens with one attached hydrogen (secondary N) is 3. The van der Waals surface area contributed by atoms with Gasteiger partial charge in [0.05, 0.1) is 36.6 Å². The largest absolute Gasteiger partial charge is 0.497 e. The van der Waals surface area contributed by atoms with Gasteiger partial charge in [0, 0.05) is 27.1 Å². The number of fused-ring (bicyclic) bond motifs is 1. The number of amides is 4. The predicted octanol–water partition coefficient (Wildman–Crippen LogP) is 3.70. The minimum Gasteiger partial charge on any atom is -0.497 e. The molecular weight excluding hydrogens is 961 g/mol. The SMILES string of the molecule is CC[C@H](C)[C@H]1NC(=O)[C@@H](NC(=O)[C@@H](CC(C)C)N(C)S(=O)(=O)c2ccc(C)cc2)[C@@H](C)OC(=O)[C@H](Cc2ccc(OC)cc2)N(C)C(=O)[C@@H]2CCCN2C(=O)[C@H](CC(C)C)NC(O)[C@H](C(C)C)OC(=O)C[C@@H]1O. The van der Waals surface area contributed by atoms with Crippen molar-refractivity contribution in [1.82, 2.24) is 30.1 Å². The van der Waals surface area contributed by atoms with Gasteiger partial charge in [0.2, 0.25) is 33.7 Å². The first-order valence-electron chi connectivity index (χ1n) is 25.6. The number of ether oxygens (including phenoxy) is 3. The van der Waals surface area contributed by atoms with Gasteiger partial charge in [0.25, 0.3) is 0 Å². The van der Waals surface area contributed by atoms with Crippen LogP contribution >= 0.6 is 0 Å². The zero-order valence-electron chi connectivity index (χ0n) is 45.0. The van der Waals surface area contributed by atoms with E-state index < -0.39 is 125 Å². The Bertz CT molecular complexity index is 2300. The Hall–Kier alpha value is -5.15. The number of aryl methyl sites for hydroxylation is 1. The molecule has 2 aliphatic rings. The van der Waals surface area contributed by atoms with Crippen molar-refractivity contribution in [2.75, 3.05) is 27.7 Å². The second-order valence-corrected chi connectivity index (χ2v) is 23.0. The van der Waals surface area contributed by atoms with Crippen LogP contribution in [0, 0.1) is 30.6 Å². The van der Waals surface area contributed by atoms with Gasteiger partial charge < -0.3 is 44.9 Å². The standard InChI is InChI=1S/C53H82N6O13S/c1-14-34(9)45-43(60)29-44(61)72-47(32(6)7)50(64)54-39(26-30(2)3)51(65)59-25-15-16-40(59)52(66)57(11)42(28-36-19-21-37(70-13)22-20-36)53(67)71-35(10)46(49(63)55-45)56-48(62)41(27-31(4)5)58(12)73(68,69)38-23-17-33(8)18-24-38/h17-24,30-32,34-35,39-43,45-47,50,54,60,64H,14-16,25-29H2,1-13H3,(H,55,63)(H,56,62)/t34-,35+,39-,40-,41+,42-,43-,45+,46-,47-,50?/m0/s1. The van der Waals surface area contributed by atoms with Crippen LogP contribution in [0.3, 0.4) is 0 Å². The van der Waals surface area contributed by atoms with E-state index in [1.165, 1.54) is 50.1 Å². The molecule has 2 aromatic carbocycles. The number of carbonyl (C=O) groups is 6. The summed E-state index contributed by atoms with van der Waals surface area (Å²) in [6.45, 7) is 17.8. The lowest BCUT2D eigenvalue weighted by molar-refractivity contribution is -0.164. The molecular formula is C53H82N6O13S. The lowest BCUT2D eigenvalue weighted by atomic mass is 9.92. The molecule has 0 bridgehead atoms. The van der Waals surface area contributed by atoms with Crippen LogP contribution in [0.1, 0.15) is 112 Å². The molecule has 73 heavy (non-hydrogen) atoms. The highest BCUT2D eigenvalue weighted by atomic mass is 32.2. The number of carbonyl (C=O) groups excluding carboxylic acids is 6. The van der Waals surface area contributed by atoms with Crippen LogP contribution in [0.5, 0.6) is 5.75 Å². The summed E-state index contributed by atoms with van der Waals surface area (Å²) in [5.41, 5.74) is 1.43. The van der Waals surface area contributed by atoms with E-state index in [1.807, 2.05) is 27.7 Å². The van der Waals surface area contributed by atoms with Gasteiger partial charge in [0.15, 0.2) is 0 Å². The molecule has 4 amide bonds. The van der Waals surface area contributed by atoms with E-state index >= 15 is 0 Å². The highest BCUT2D eigenvalue weighted by Crippen LogP contribution is 2.27. The molecule has 11 atom stereocenters. The minimum absolute atomic E-state index is 0.0174. The maximum absolute atomic E-state index is 14.9. The predicted molar refractivity (Wildman–Crippen MR) is 274 cm³/mol. The summed E-state index contributed by atoms with van der Waals surface area (Å²) >= 11 is 0. The van der Waals surface area contributed by atoms with Crippen molar-refractivity contribution in [3.8, 4) is 5.75 Å². The quantitative estimate of drug-likeness (QED) is 0.160. The Kier molecular flexibility index (Phi) is 22.2. The summed E-state index contributed by atoms with van der Waals surface area (Å²) in [5.74, 6) is -5.47. The first kappa shape index (κ1) is 60.4. The average Bonchev–Trinajstić information content (AvgIpc) is 3.83. The summed E-state index contributed by atoms with van der Waals surface area (Å²) in [4.78, 5) is 90.2. The Morgan fingerprint density at radius 1 is 0.932 bits per heavy atom. The zero-order valence-corrected chi connectivity index (χ0v) is 45.8. The van der Waals surface area contributed by atoms with Gasteiger partial charge in [-0.3, -0.25) is 29.3 Å². The summed E-state index contributed by atoms with van der Waals surface area (Å²) in [6, 6.07) is 5.29. The number of benzene rings is 2. The molecule has 0 aromatic heterocycles. The normalized spacial score (nSPS) is 26.5.